The van der Waals surface area contributed by atoms with Crippen molar-refractivity contribution in [1.82, 2.24) is 5.32 Å². The van der Waals surface area contributed by atoms with Crippen LogP contribution in [0.3, 0.4) is 0 Å². The van der Waals surface area contributed by atoms with Crippen LogP contribution in [-0.4, -0.2) is 65.3 Å². The number of nitrogens with zero attached hydrogens (tertiary/aromatic N) is 1. The Labute approximate surface area is 305 Å². The van der Waals surface area contributed by atoms with Crippen molar-refractivity contribution in [2.24, 2.45) is 22.7 Å². The van der Waals surface area contributed by atoms with E-state index in [9.17, 15) is 20.1 Å². The van der Waals surface area contributed by atoms with Gasteiger partial charge in [-0.2, -0.15) is 0 Å². The van der Waals surface area contributed by atoms with Crippen molar-refractivity contribution in [2.45, 2.75) is 115 Å². The molecule has 4 N–H and O–H groups in total. The maximum Gasteiger partial charge on any atom is 0.220 e. The van der Waals surface area contributed by atoms with Gasteiger partial charge in [-0.3, -0.25) is 4.79 Å². The van der Waals surface area contributed by atoms with Crippen LogP contribution in [0.5, 0.6) is 5.75 Å². The second kappa shape index (κ2) is 18.0. The van der Waals surface area contributed by atoms with Gasteiger partial charge >= 0.3 is 0 Å². The zero-order chi connectivity index (χ0) is 34.9. The van der Waals surface area contributed by atoms with Crippen LogP contribution in [0.1, 0.15) is 113 Å². The van der Waals surface area contributed by atoms with E-state index in [-0.39, 0.29) is 17.9 Å². The maximum atomic E-state index is 12.4. The molecule has 0 saturated heterocycles. The lowest BCUT2D eigenvalue weighted by molar-refractivity contribution is -0.121. The summed E-state index contributed by atoms with van der Waals surface area (Å²) in [4.78, 5) is 14.6. The summed E-state index contributed by atoms with van der Waals surface area (Å²) in [5, 5.41) is 35.6. The summed E-state index contributed by atoms with van der Waals surface area (Å²) in [5.41, 5.74) is 4.53. The first-order valence-corrected chi connectivity index (χ1v) is 20.1. The second-order valence-electron chi connectivity index (χ2n) is 15.6. The highest BCUT2D eigenvalue weighted by Gasteiger charge is 2.63. The molecule has 272 valence electrons. The van der Waals surface area contributed by atoms with Gasteiger partial charge in [0.05, 0.1) is 12.7 Å². The number of halogens is 2. The van der Waals surface area contributed by atoms with Gasteiger partial charge in [-0.25, -0.2) is 0 Å². The van der Waals surface area contributed by atoms with Gasteiger partial charge in [-0.1, -0.05) is 57.2 Å². The number of aryl methyl sites for hydroxylation is 2. The number of alkyl halides is 2. The number of aliphatic hydroxyl groups excluding tert-OH is 2. The molecule has 2 saturated carbocycles. The molecule has 49 heavy (non-hydrogen) atoms. The summed E-state index contributed by atoms with van der Waals surface area (Å²) in [7, 11) is 0. The van der Waals surface area contributed by atoms with Gasteiger partial charge in [-0.15, -0.1) is 23.2 Å². The summed E-state index contributed by atoms with van der Waals surface area (Å²) < 4.78 is 0. The topological polar surface area (TPSA) is 93.0 Å². The van der Waals surface area contributed by atoms with Crippen LogP contribution in [-0.2, 0) is 17.6 Å². The number of carbonyl (C=O) groups excluding carboxylic acids is 1. The summed E-state index contributed by atoms with van der Waals surface area (Å²) in [6.07, 6.45) is 14.3. The van der Waals surface area contributed by atoms with Crippen molar-refractivity contribution < 1.29 is 20.1 Å². The molecule has 2 fully saturated rings. The molecule has 3 unspecified atom stereocenters. The molecule has 0 spiro atoms. The summed E-state index contributed by atoms with van der Waals surface area (Å²) in [6, 6.07) is 14.4. The van der Waals surface area contributed by atoms with Gasteiger partial charge in [0.2, 0.25) is 5.91 Å². The molecule has 6 atom stereocenters. The number of amides is 1. The number of anilines is 1. The molecule has 6 nitrogen and oxygen atoms in total. The fraction of sp³-hybridized carbons (Fsp3) is 0.683. The molecular weight excluding hydrogens is 655 g/mol. The number of phenols is 1. The van der Waals surface area contributed by atoms with Crippen LogP contribution in [0.25, 0.3) is 0 Å². The van der Waals surface area contributed by atoms with E-state index in [1.165, 1.54) is 16.7 Å². The Morgan fingerprint density at radius 3 is 2.39 bits per heavy atom. The Morgan fingerprint density at radius 1 is 0.959 bits per heavy atom. The predicted octanol–water partition coefficient (Wildman–Crippen LogP) is 8.35. The molecule has 0 aliphatic heterocycles. The van der Waals surface area contributed by atoms with Crippen LogP contribution in [0.15, 0.2) is 42.5 Å². The number of rotatable bonds is 19. The highest BCUT2D eigenvalue weighted by Crippen LogP contribution is 2.66. The van der Waals surface area contributed by atoms with E-state index in [0.29, 0.717) is 41.7 Å². The van der Waals surface area contributed by atoms with Crippen molar-refractivity contribution >= 4 is 34.8 Å². The van der Waals surface area contributed by atoms with Gasteiger partial charge in [0.15, 0.2) is 0 Å². The molecule has 0 radical (unpaired) electrons. The third kappa shape index (κ3) is 9.09. The Kier molecular flexibility index (Phi) is 14.0. The average Bonchev–Trinajstić information content (AvgIpc) is 3.33. The Morgan fingerprint density at radius 2 is 1.67 bits per heavy atom. The molecule has 2 aromatic carbocycles. The zero-order valence-corrected chi connectivity index (χ0v) is 31.2. The fourth-order valence-electron chi connectivity index (χ4n) is 9.88. The van der Waals surface area contributed by atoms with Crippen molar-refractivity contribution in [1.29, 1.82) is 0 Å². The van der Waals surface area contributed by atoms with Gasteiger partial charge < -0.3 is 25.5 Å². The monoisotopic (exact) mass is 714 g/mol. The van der Waals surface area contributed by atoms with E-state index in [1.807, 2.05) is 12.1 Å². The van der Waals surface area contributed by atoms with Gasteiger partial charge in [-0.05, 0) is 122 Å². The second-order valence-corrected chi connectivity index (χ2v) is 16.3. The highest BCUT2D eigenvalue weighted by atomic mass is 35.5. The molecule has 0 aromatic heterocycles. The van der Waals surface area contributed by atoms with Crippen molar-refractivity contribution in [3.05, 3.63) is 59.2 Å². The number of fused-ring (bicyclic) bond motifs is 5. The first-order valence-electron chi connectivity index (χ1n) is 19.1. The number of aliphatic hydroxyl groups is 2. The molecule has 5 rings (SSSR count). The molecule has 1 amide bonds. The van der Waals surface area contributed by atoms with E-state index in [2.05, 4.69) is 47.5 Å². The largest absolute Gasteiger partial charge is 0.508 e. The van der Waals surface area contributed by atoms with Crippen molar-refractivity contribution in [3.63, 3.8) is 0 Å². The number of nitrogens with one attached hydrogen (secondary N) is 1. The van der Waals surface area contributed by atoms with E-state index in [0.717, 1.165) is 115 Å². The molecule has 0 bridgehead atoms. The number of phenolic OH excluding ortho intramolecular Hbond substituents is 1. The van der Waals surface area contributed by atoms with Crippen LogP contribution in [0.2, 0.25) is 0 Å². The third-order valence-electron chi connectivity index (χ3n) is 12.6. The summed E-state index contributed by atoms with van der Waals surface area (Å²) >= 11 is 11.9. The first kappa shape index (κ1) is 38.2. The lowest BCUT2D eigenvalue weighted by Crippen LogP contribution is -2.46. The van der Waals surface area contributed by atoms with Crippen LogP contribution in [0, 0.1) is 22.7 Å². The predicted molar refractivity (Wildman–Crippen MR) is 202 cm³/mol. The standard InChI is InChI=1S/C41H60Cl2N2O4/c1-40-21-19-35-34-18-16-33(47)27-31(34)13-17-36(35)37(40)28-41(29-46,39(40)49)20-6-4-2-3-5-7-24-44-38(48)10-8-9-30-11-14-32(15-12-30)45(25-22-42)26-23-43/h11-12,14-16,18,27,35-37,39,46-47,49H,2-10,13,17,19-26,28-29H2,1H3,(H,44,48)/t35?,36?,37?,39-,40+,41-/m1/s1. The van der Waals surface area contributed by atoms with Crippen molar-refractivity contribution in [3.8, 4) is 5.75 Å². The highest BCUT2D eigenvalue weighted by molar-refractivity contribution is 6.18. The first-order chi connectivity index (χ1) is 23.7. The van der Waals surface area contributed by atoms with E-state index >= 15 is 0 Å². The quantitative estimate of drug-likeness (QED) is 0.0867. The fourth-order valence-corrected chi connectivity index (χ4v) is 10.3. The van der Waals surface area contributed by atoms with Crippen LogP contribution in [0.4, 0.5) is 5.69 Å². The Bertz CT molecular complexity index is 1340. The molecule has 3 aliphatic rings. The van der Waals surface area contributed by atoms with Crippen LogP contribution >= 0.6 is 23.2 Å². The minimum atomic E-state index is -0.459. The zero-order valence-electron chi connectivity index (χ0n) is 29.7. The SMILES string of the molecule is C[C@]12CCC3c4ccc(O)cc4CCC3C1C[C@@](CO)(CCCCCCCCNC(=O)CCCc1ccc(N(CCCl)CCCl)cc1)[C@@H]2O. The van der Waals surface area contributed by atoms with Gasteiger partial charge in [0.1, 0.15) is 5.75 Å². The van der Waals surface area contributed by atoms with E-state index in [1.54, 1.807) is 0 Å². The molecule has 3 aliphatic carbocycles. The number of hydrogen-bond acceptors (Lipinski definition) is 5. The Balaban J connectivity index is 0.952. The molecule has 8 heteroatoms. The van der Waals surface area contributed by atoms with Crippen molar-refractivity contribution in [2.75, 3.05) is 42.9 Å². The van der Waals surface area contributed by atoms with Gasteiger partial charge in [0.25, 0.3) is 0 Å². The molecule has 2 aromatic rings. The van der Waals surface area contributed by atoms with Crippen LogP contribution < -0.4 is 10.2 Å². The molecular formula is C41H60Cl2N2O4. The smallest absolute Gasteiger partial charge is 0.220 e. The number of benzene rings is 2. The minimum Gasteiger partial charge on any atom is -0.508 e. The Hall–Kier alpha value is -1.99. The van der Waals surface area contributed by atoms with Gasteiger partial charge in [0, 0.05) is 48.9 Å². The third-order valence-corrected chi connectivity index (χ3v) is 12.9. The number of unbranched alkanes of at least 4 members (excludes halogenated alkanes) is 5. The summed E-state index contributed by atoms with van der Waals surface area (Å²) in [5.74, 6) is 3.09. The normalized spacial score (nSPS) is 27.3. The average molecular weight is 716 g/mol. The maximum absolute atomic E-state index is 12.4. The summed E-state index contributed by atoms with van der Waals surface area (Å²) in [6.45, 7) is 4.64. The lowest BCUT2D eigenvalue weighted by Gasteiger charge is -2.50. The number of aromatic hydroxyl groups is 1. The van der Waals surface area contributed by atoms with E-state index in [4.69, 9.17) is 23.2 Å². The van der Waals surface area contributed by atoms with E-state index < -0.39 is 11.5 Å². The minimum absolute atomic E-state index is 0.0663. The number of hydrogen-bond donors (Lipinski definition) is 4. The molecule has 0 heterocycles. The number of carbonyl (C=O) groups is 1. The lowest BCUT2D eigenvalue weighted by atomic mass is 9.55.